The van der Waals surface area contributed by atoms with Gasteiger partial charge in [0.05, 0.1) is 13.2 Å². The standard InChI is InChI=1S/C112H128N4O6/c1-73-25-33-89(81(9)45-73)65-113(66-90-34-26-74(2)46-82(90)10)105-57-97-53-101-61-107(115(69-93-37-29-77(5)49-85(93)13)70-94-38-30-78(6)50-86(94)14)63-103(111(101)121-43-23-19-17-21-41-117)55-99-59-106(114(67-91-35-27-75(3)47-83(91)11)68-92-36-28-76(4)48-84(92)12)60-100(110(99)120)56-104-64-108(62-102(54-98(58-105)109(97)119)112(104)122-44-24-20-18-22-42-118)116(71-95-39-31-79(7)51-87(95)15)72-96-40-32-80(8)52-88(96)16/h25-42,45-52,57-64,119-120H,17-24,43-44,53-56,65-72H2,1-16H3. The summed E-state index contributed by atoms with van der Waals surface area (Å²) in [6.07, 6.45) is 8.56. The molecule has 0 aromatic heterocycles. The minimum atomic E-state index is 0.197. The summed E-state index contributed by atoms with van der Waals surface area (Å²) in [4.78, 5) is 33.9. The Morgan fingerprint density at radius 3 is 0.598 bits per heavy atom. The Kier molecular flexibility index (Phi) is 29.2. The third-order valence-electron chi connectivity index (χ3n) is 25.2. The Balaban J connectivity index is 1.15. The van der Waals surface area contributed by atoms with Crippen LogP contribution in [0.25, 0.3) is 0 Å². The van der Waals surface area contributed by atoms with E-state index in [1.54, 1.807) is 0 Å². The molecule has 1 aliphatic rings. The second-order valence-corrected chi connectivity index (χ2v) is 35.7. The van der Waals surface area contributed by atoms with Crippen molar-refractivity contribution in [1.82, 2.24) is 0 Å². The van der Waals surface area contributed by atoms with Crippen LogP contribution in [0.3, 0.4) is 0 Å². The molecule has 0 heterocycles. The summed E-state index contributed by atoms with van der Waals surface area (Å²) in [5.74, 6) is 1.82. The molecule has 0 radical (unpaired) electrons. The van der Waals surface area contributed by atoms with Gasteiger partial charge in [-0.1, -0.05) is 190 Å². The summed E-state index contributed by atoms with van der Waals surface area (Å²) in [5, 5.41) is 28.5. The van der Waals surface area contributed by atoms with Gasteiger partial charge in [-0.2, -0.15) is 0 Å². The van der Waals surface area contributed by atoms with Crippen LogP contribution in [0.1, 0.15) is 229 Å². The van der Waals surface area contributed by atoms with Gasteiger partial charge in [0.25, 0.3) is 0 Å². The zero-order chi connectivity index (χ0) is 86.4. The van der Waals surface area contributed by atoms with E-state index >= 15 is 0 Å². The largest absolute Gasteiger partial charge is 0.507 e. The Bertz CT molecular complexity index is 5110. The fraction of sp³-hybridized carbons (Fsp3) is 0.339. The van der Waals surface area contributed by atoms with Crippen LogP contribution in [-0.4, -0.2) is 36.0 Å². The number of unbranched alkanes of at least 4 members (excludes halogenated alkanes) is 6. The Hall–Kier alpha value is -11.6. The van der Waals surface area contributed by atoms with Crippen LogP contribution in [0, 0.1) is 111 Å². The molecular weight excluding hydrogens is 1500 g/mol. The van der Waals surface area contributed by atoms with E-state index in [-0.39, 0.29) is 37.2 Å². The van der Waals surface area contributed by atoms with Gasteiger partial charge in [0.15, 0.2) is 0 Å². The van der Waals surface area contributed by atoms with Crippen molar-refractivity contribution < 1.29 is 29.3 Å². The fourth-order valence-electron chi connectivity index (χ4n) is 18.1. The van der Waals surface area contributed by atoms with E-state index in [1.807, 2.05) is 0 Å². The summed E-state index contributed by atoms with van der Waals surface area (Å²) in [5.41, 5.74) is 39.5. The zero-order valence-electron chi connectivity index (χ0n) is 75.5. The Labute approximate surface area is 728 Å². The predicted octanol–water partition coefficient (Wildman–Crippen LogP) is 25.8. The average molecular weight is 1630 g/mol. The maximum absolute atomic E-state index is 14.3. The number of anilines is 4. The molecule has 0 spiro atoms. The van der Waals surface area contributed by atoms with Crippen molar-refractivity contribution in [3.63, 3.8) is 0 Å². The number of phenols is 2. The zero-order valence-corrected chi connectivity index (χ0v) is 75.5. The fourth-order valence-corrected chi connectivity index (χ4v) is 18.1. The van der Waals surface area contributed by atoms with Crippen LogP contribution in [0.4, 0.5) is 22.7 Å². The molecule has 12 aromatic rings. The number of carbonyl (C=O) groups excluding carboxylic acids is 2. The van der Waals surface area contributed by atoms with Crippen molar-refractivity contribution in [2.24, 2.45) is 0 Å². The number of phenolic OH excluding ortho intramolecular Hbond substituents is 2. The van der Waals surface area contributed by atoms with E-state index in [1.165, 1.54) is 134 Å². The monoisotopic (exact) mass is 1620 g/mol. The van der Waals surface area contributed by atoms with Gasteiger partial charge in [-0.15, -0.1) is 0 Å². The van der Waals surface area contributed by atoms with Crippen molar-refractivity contribution in [2.45, 2.75) is 240 Å². The van der Waals surface area contributed by atoms with Gasteiger partial charge in [-0.05, 0) is 287 Å². The van der Waals surface area contributed by atoms with Gasteiger partial charge in [-0.3, -0.25) is 0 Å². The lowest BCUT2D eigenvalue weighted by Gasteiger charge is -2.31. The topological polar surface area (TPSA) is 106 Å². The van der Waals surface area contributed by atoms with Gasteiger partial charge >= 0.3 is 0 Å². The number of benzene rings is 12. The number of rotatable bonds is 34. The van der Waals surface area contributed by atoms with E-state index in [9.17, 15) is 19.8 Å². The number of aldehydes is 2. The van der Waals surface area contributed by atoms with Crippen LogP contribution in [-0.2, 0) is 87.6 Å². The van der Waals surface area contributed by atoms with Crippen LogP contribution in [0.5, 0.6) is 23.0 Å². The van der Waals surface area contributed by atoms with Gasteiger partial charge < -0.3 is 48.9 Å². The third-order valence-corrected chi connectivity index (χ3v) is 25.2. The molecule has 8 bridgehead atoms. The minimum Gasteiger partial charge on any atom is -0.507 e. The summed E-state index contributed by atoms with van der Waals surface area (Å²) in [6.45, 7) is 40.6. The predicted molar refractivity (Wildman–Crippen MR) is 507 cm³/mol. The number of aryl methyl sites for hydroxylation is 16. The second-order valence-electron chi connectivity index (χ2n) is 35.7. The maximum Gasteiger partial charge on any atom is 0.126 e. The lowest BCUT2D eigenvalue weighted by Crippen LogP contribution is -2.24. The number of ether oxygens (including phenoxy) is 2. The van der Waals surface area contributed by atoms with Crippen molar-refractivity contribution in [2.75, 3.05) is 32.8 Å². The second kappa shape index (κ2) is 40.4. The smallest absolute Gasteiger partial charge is 0.126 e. The molecule has 1 aliphatic carbocycles. The molecule has 10 heteroatoms. The Morgan fingerprint density at radius 2 is 0.426 bits per heavy atom. The lowest BCUT2D eigenvalue weighted by molar-refractivity contribution is -0.108. The van der Waals surface area contributed by atoms with Gasteiger partial charge in [0, 0.05) is 158 Å². The summed E-state index contributed by atoms with van der Waals surface area (Å²) < 4.78 is 15.1. The van der Waals surface area contributed by atoms with Crippen LogP contribution < -0.4 is 29.1 Å². The summed E-state index contributed by atoms with van der Waals surface area (Å²) in [7, 11) is 0. The molecule has 0 unspecified atom stereocenters. The molecular formula is C112H128N4O6. The minimum absolute atomic E-state index is 0.197. The molecule has 0 saturated heterocycles. The molecule has 12 aromatic carbocycles. The van der Waals surface area contributed by atoms with Crippen molar-refractivity contribution in [3.05, 3.63) is 372 Å². The van der Waals surface area contributed by atoms with Gasteiger partial charge in [0.1, 0.15) is 35.6 Å². The van der Waals surface area contributed by atoms with Crippen molar-refractivity contribution >= 4 is 35.3 Å². The van der Waals surface area contributed by atoms with Crippen LogP contribution >= 0.6 is 0 Å². The molecule has 632 valence electrons. The molecule has 122 heavy (non-hydrogen) atoms. The molecule has 13 rings (SSSR count). The first-order valence-electron chi connectivity index (χ1n) is 44.3. The number of carbonyl (C=O) groups is 2. The SMILES string of the molecule is Cc1ccc(CN(Cc2ccc(C)cc2C)c2cc3c(O)c(c2)Cc2cc(N(Cc4ccc(C)cc4C)Cc4ccc(C)cc4C)cc(c2OCCCCCC=O)Cc2cc(N(Cc4ccc(C)cc4C)Cc4ccc(C)cc4C)cc(c2O)Cc2cc(N(Cc4ccc(C)cc4C)Cc4ccc(C)cc4C)cc(c2OCCCCCC=O)C3)c(C)c1. The number of hydrogen-bond donors (Lipinski definition) is 2. The number of nitrogens with zero attached hydrogens (tertiary/aromatic N) is 4. The number of fused-ring (bicyclic) bond motifs is 8. The van der Waals surface area contributed by atoms with Crippen molar-refractivity contribution in [1.29, 1.82) is 0 Å². The highest BCUT2D eigenvalue weighted by atomic mass is 16.5. The first-order valence-corrected chi connectivity index (χ1v) is 44.3. The molecule has 2 N–H and O–H groups in total. The molecule has 0 amide bonds. The maximum atomic E-state index is 14.3. The number of hydrogen-bond acceptors (Lipinski definition) is 10. The third kappa shape index (κ3) is 22.4. The van der Waals surface area contributed by atoms with Crippen LogP contribution in [0.15, 0.2) is 194 Å². The van der Waals surface area contributed by atoms with E-state index in [2.05, 4.69) is 325 Å². The van der Waals surface area contributed by atoms with E-state index < -0.39 is 0 Å². The molecule has 0 saturated carbocycles. The van der Waals surface area contributed by atoms with E-state index in [0.717, 1.165) is 106 Å². The highest BCUT2D eigenvalue weighted by molar-refractivity contribution is 5.69. The lowest BCUT2D eigenvalue weighted by atomic mass is 9.89. The summed E-state index contributed by atoms with van der Waals surface area (Å²) >= 11 is 0. The first-order chi connectivity index (χ1) is 58.7. The molecule has 10 nitrogen and oxygen atoms in total. The normalized spacial score (nSPS) is 11.9. The number of aromatic hydroxyl groups is 2. The first kappa shape index (κ1) is 88.2. The Morgan fingerprint density at radius 1 is 0.246 bits per heavy atom. The molecule has 0 fully saturated rings. The highest BCUT2D eigenvalue weighted by Crippen LogP contribution is 2.46. The molecule has 0 aliphatic heterocycles. The highest BCUT2D eigenvalue weighted by Gasteiger charge is 2.29. The van der Waals surface area contributed by atoms with Gasteiger partial charge in [-0.25, -0.2) is 0 Å². The van der Waals surface area contributed by atoms with E-state index in [4.69, 9.17) is 9.47 Å². The van der Waals surface area contributed by atoms with Crippen molar-refractivity contribution in [3.8, 4) is 23.0 Å². The molecule has 0 atom stereocenters. The quantitative estimate of drug-likeness (QED) is 0.0299. The van der Waals surface area contributed by atoms with Gasteiger partial charge in [0.2, 0.25) is 0 Å². The van der Waals surface area contributed by atoms with E-state index in [0.29, 0.717) is 103 Å². The average Bonchev–Trinajstić information content (AvgIpc) is 0.764. The van der Waals surface area contributed by atoms with Crippen LogP contribution in [0.2, 0.25) is 0 Å². The summed E-state index contributed by atoms with van der Waals surface area (Å²) in [6, 6.07) is 72.7.